The van der Waals surface area contributed by atoms with Crippen LogP contribution in [0.15, 0.2) is 36.4 Å². The maximum absolute atomic E-state index is 13.5. The van der Waals surface area contributed by atoms with Gasteiger partial charge in [0.2, 0.25) is 5.91 Å². The summed E-state index contributed by atoms with van der Waals surface area (Å²) in [5.41, 5.74) is 1.50. The van der Waals surface area contributed by atoms with Crippen molar-refractivity contribution in [3.63, 3.8) is 0 Å². The molecule has 0 radical (unpaired) electrons. The molecule has 0 aliphatic heterocycles. The van der Waals surface area contributed by atoms with Crippen molar-refractivity contribution < 1.29 is 14.7 Å². The summed E-state index contributed by atoms with van der Waals surface area (Å²) < 4.78 is 0. The lowest BCUT2D eigenvalue weighted by Crippen LogP contribution is -2.44. The zero-order valence-electron chi connectivity index (χ0n) is 17.0. The Morgan fingerprint density at radius 3 is 2.39 bits per heavy atom. The van der Waals surface area contributed by atoms with Crippen molar-refractivity contribution in [2.45, 2.75) is 53.0 Å². The van der Waals surface area contributed by atoms with E-state index in [4.69, 9.17) is 0 Å². The molecule has 2 aromatic rings. The summed E-state index contributed by atoms with van der Waals surface area (Å²) in [5.74, 6) is 0.00514. The van der Waals surface area contributed by atoms with Gasteiger partial charge < -0.3 is 10.0 Å². The molecule has 1 fully saturated rings. The molecule has 4 nitrogen and oxygen atoms in total. The van der Waals surface area contributed by atoms with E-state index in [0.29, 0.717) is 17.5 Å². The van der Waals surface area contributed by atoms with Gasteiger partial charge >= 0.3 is 5.97 Å². The van der Waals surface area contributed by atoms with E-state index in [2.05, 4.69) is 13.8 Å². The first-order valence-corrected chi connectivity index (χ1v) is 10.9. The molecule has 150 valence electrons. The molecule has 1 aromatic heterocycles. The normalized spacial score (nSPS) is 22.2. The molecule has 3 atom stereocenters. The summed E-state index contributed by atoms with van der Waals surface area (Å²) in [4.78, 5) is 28.3. The van der Waals surface area contributed by atoms with Crippen molar-refractivity contribution in [3.05, 3.63) is 41.3 Å². The summed E-state index contributed by atoms with van der Waals surface area (Å²) in [6, 6.07) is 11.5. The Morgan fingerprint density at radius 1 is 1.14 bits per heavy atom. The van der Waals surface area contributed by atoms with Gasteiger partial charge in [-0.05, 0) is 56.6 Å². The first kappa shape index (κ1) is 20.6. The second kappa shape index (κ2) is 8.48. The number of hydrogen-bond donors (Lipinski definition) is 1. The summed E-state index contributed by atoms with van der Waals surface area (Å²) in [6.07, 6.45) is 2.98. The monoisotopic (exact) mass is 399 g/mol. The van der Waals surface area contributed by atoms with Gasteiger partial charge in [-0.25, -0.2) is 4.79 Å². The Bertz CT molecular complexity index is 843. The molecule has 1 saturated carbocycles. The number of thiophene rings is 1. The molecule has 5 heteroatoms. The molecule has 1 aliphatic carbocycles. The number of aromatic carboxylic acids is 1. The molecule has 1 aromatic carbocycles. The number of rotatable bonds is 5. The number of amides is 1. The number of carbonyl (C=O) groups excluding carboxylic acids is 1. The van der Waals surface area contributed by atoms with E-state index in [1.165, 1.54) is 11.3 Å². The molecule has 1 aliphatic rings. The number of benzene rings is 1. The Balaban J connectivity index is 2.01. The van der Waals surface area contributed by atoms with Crippen molar-refractivity contribution in [3.8, 4) is 10.4 Å². The van der Waals surface area contributed by atoms with E-state index < -0.39 is 5.97 Å². The van der Waals surface area contributed by atoms with Crippen molar-refractivity contribution >= 4 is 28.9 Å². The maximum atomic E-state index is 13.5. The molecule has 3 unspecified atom stereocenters. The SMILES string of the molecule is CC1CCC(C(=O)N(c2cc(-c3ccccc3)sc2C(=O)O)C(C)C)C(C)C1. The van der Waals surface area contributed by atoms with Gasteiger partial charge in [0.05, 0.1) is 5.69 Å². The second-order valence-corrected chi connectivity index (χ2v) is 9.35. The quantitative estimate of drug-likeness (QED) is 0.678. The largest absolute Gasteiger partial charge is 0.477 e. The lowest BCUT2D eigenvalue weighted by molar-refractivity contribution is -0.125. The highest BCUT2D eigenvalue weighted by molar-refractivity contribution is 7.18. The number of carbonyl (C=O) groups is 2. The zero-order valence-corrected chi connectivity index (χ0v) is 17.8. The van der Waals surface area contributed by atoms with Gasteiger partial charge in [-0.1, -0.05) is 44.2 Å². The number of anilines is 1. The molecular formula is C23H29NO3S. The fourth-order valence-corrected chi connectivity index (χ4v) is 5.31. The van der Waals surface area contributed by atoms with Crippen LogP contribution in [0.1, 0.15) is 56.6 Å². The van der Waals surface area contributed by atoms with Crippen LogP contribution in [0.3, 0.4) is 0 Å². The van der Waals surface area contributed by atoms with Gasteiger partial charge in [-0.2, -0.15) is 0 Å². The minimum atomic E-state index is -0.981. The van der Waals surface area contributed by atoms with Crippen molar-refractivity contribution in [1.82, 2.24) is 0 Å². The van der Waals surface area contributed by atoms with Crippen LogP contribution in [-0.2, 0) is 4.79 Å². The van der Waals surface area contributed by atoms with Crippen molar-refractivity contribution in [2.75, 3.05) is 4.90 Å². The average molecular weight is 400 g/mol. The minimum Gasteiger partial charge on any atom is -0.477 e. The Hall–Kier alpha value is -2.14. The molecule has 0 spiro atoms. The fourth-order valence-electron chi connectivity index (χ4n) is 4.32. The summed E-state index contributed by atoms with van der Waals surface area (Å²) in [6.45, 7) is 8.31. The van der Waals surface area contributed by atoms with Gasteiger partial charge in [0, 0.05) is 16.8 Å². The number of nitrogens with zero attached hydrogens (tertiary/aromatic N) is 1. The van der Waals surface area contributed by atoms with Crippen LogP contribution in [-0.4, -0.2) is 23.0 Å². The highest BCUT2D eigenvalue weighted by atomic mass is 32.1. The van der Waals surface area contributed by atoms with E-state index in [9.17, 15) is 14.7 Å². The standard InChI is InChI=1S/C23H29NO3S/c1-14(2)24(22(25)18-11-10-15(3)12-16(18)4)19-13-20(28-21(19)23(26)27)17-8-6-5-7-9-17/h5-9,13-16,18H,10-12H2,1-4H3,(H,26,27). The smallest absolute Gasteiger partial charge is 0.348 e. The van der Waals surface area contributed by atoms with Crippen LogP contribution in [0.2, 0.25) is 0 Å². The Labute approximate surface area is 171 Å². The molecular weight excluding hydrogens is 370 g/mol. The van der Waals surface area contributed by atoms with Gasteiger partial charge in [-0.3, -0.25) is 4.79 Å². The van der Waals surface area contributed by atoms with E-state index in [0.717, 1.165) is 29.7 Å². The van der Waals surface area contributed by atoms with E-state index >= 15 is 0 Å². The number of hydrogen-bond acceptors (Lipinski definition) is 3. The Morgan fingerprint density at radius 2 is 1.82 bits per heavy atom. The van der Waals surface area contributed by atoms with Crippen molar-refractivity contribution in [1.29, 1.82) is 0 Å². The van der Waals surface area contributed by atoms with Crippen LogP contribution < -0.4 is 4.90 Å². The third-order valence-electron chi connectivity index (χ3n) is 5.73. The van der Waals surface area contributed by atoms with Crippen LogP contribution >= 0.6 is 11.3 Å². The fraction of sp³-hybridized carbons (Fsp3) is 0.478. The Kier molecular flexibility index (Phi) is 6.23. The topological polar surface area (TPSA) is 57.6 Å². The number of carboxylic acid groups (broad SMARTS) is 1. The van der Waals surface area contributed by atoms with Gasteiger partial charge in [-0.15, -0.1) is 11.3 Å². The minimum absolute atomic E-state index is 0.0414. The van der Waals surface area contributed by atoms with Crippen LogP contribution in [0, 0.1) is 17.8 Å². The lowest BCUT2D eigenvalue weighted by Gasteiger charge is -2.37. The van der Waals surface area contributed by atoms with Gasteiger partial charge in [0.25, 0.3) is 0 Å². The maximum Gasteiger partial charge on any atom is 0.348 e. The zero-order chi connectivity index (χ0) is 20.4. The molecule has 1 N–H and O–H groups in total. The molecule has 1 heterocycles. The third kappa shape index (κ3) is 4.14. The molecule has 3 rings (SSSR count). The first-order valence-electron chi connectivity index (χ1n) is 10.0. The molecule has 0 saturated heterocycles. The summed E-state index contributed by atoms with van der Waals surface area (Å²) >= 11 is 1.24. The van der Waals surface area contributed by atoms with Crippen LogP contribution in [0.4, 0.5) is 5.69 Å². The average Bonchev–Trinajstić information content (AvgIpc) is 3.07. The third-order valence-corrected chi connectivity index (χ3v) is 6.89. The summed E-state index contributed by atoms with van der Waals surface area (Å²) in [7, 11) is 0. The molecule has 28 heavy (non-hydrogen) atoms. The van der Waals surface area contributed by atoms with Crippen LogP contribution in [0.25, 0.3) is 10.4 Å². The van der Waals surface area contributed by atoms with Gasteiger partial charge in [0.1, 0.15) is 4.88 Å². The highest BCUT2D eigenvalue weighted by Gasteiger charge is 2.36. The summed E-state index contributed by atoms with van der Waals surface area (Å²) in [5, 5.41) is 9.81. The second-order valence-electron chi connectivity index (χ2n) is 8.30. The highest BCUT2D eigenvalue weighted by Crippen LogP contribution is 2.41. The predicted octanol–water partition coefficient (Wildman–Crippen LogP) is 5.93. The van der Waals surface area contributed by atoms with E-state index in [-0.39, 0.29) is 22.7 Å². The predicted molar refractivity (Wildman–Crippen MR) is 115 cm³/mol. The van der Waals surface area contributed by atoms with E-state index in [1.54, 1.807) is 4.90 Å². The van der Waals surface area contributed by atoms with Gasteiger partial charge in [0.15, 0.2) is 0 Å². The first-order chi connectivity index (χ1) is 13.3. The molecule has 1 amide bonds. The van der Waals surface area contributed by atoms with E-state index in [1.807, 2.05) is 50.2 Å². The number of carboxylic acids is 1. The lowest BCUT2D eigenvalue weighted by atomic mass is 9.75. The van der Waals surface area contributed by atoms with Crippen LogP contribution in [0.5, 0.6) is 0 Å². The molecule has 0 bridgehead atoms. The van der Waals surface area contributed by atoms with Crippen molar-refractivity contribution in [2.24, 2.45) is 17.8 Å².